The third kappa shape index (κ3) is 9.69. The van der Waals surface area contributed by atoms with Gasteiger partial charge in [0.2, 0.25) is 0 Å². The van der Waals surface area contributed by atoms with E-state index in [1.165, 1.54) is 17.8 Å². The summed E-state index contributed by atoms with van der Waals surface area (Å²) in [5.41, 5.74) is 8.26. The highest BCUT2D eigenvalue weighted by atomic mass is 32.2. The largest absolute Gasteiger partial charge is 0.417 e. The number of rotatable bonds is 6. The van der Waals surface area contributed by atoms with Gasteiger partial charge in [-0.05, 0) is 74.2 Å². The van der Waals surface area contributed by atoms with Crippen LogP contribution in [-0.2, 0) is 9.48 Å². The molecule has 1 aromatic heterocycles. The van der Waals surface area contributed by atoms with Crippen LogP contribution in [0.4, 0.5) is 20.7 Å². The minimum absolute atomic E-state index is 0. The molecule has 1 fully saturated rings. The Balaban J connectivity index is 0. The Morgan fingerprint density at radius 2 is 1.66 bits per heavy atom. The second-order valence-corrected chi connectivity index (χ2v) is 9.63. The number of carbonyl (C=O) groups is 1. The number of allylic oxidation sites excluding steroid dienone is 3. The van der Waals surface area contributed by atoms with Crippen molar-refractivity contribution in [2.75, 3.05) is 11.1 Å². The van der Waals surface area contributed by atoms with Crippen molar-refractivity contribution in [2.24, 2.45) is 0 Å². The fraction of sp³-hybridized carbons (Fsp3) is 0.167. The molecule has 0 spiro atoms. The number of nitrogens with two attached hydrogens (primary N) is 1. The highest BCUT2D eigenvalue weighted by molar-refractivity contribution is 8.00. The molecule has 3 aromatic rings. The zero-order valence-electron chi connectivity index (χ0n) is 22.7. The lowest BCUT2D eigenvalue weighted by atomic mass is 10.1. The summed E-state index contributed by atoms with van der Waals surface area (Å²) >= 11 is 1.48. The van der Waals surface area contributed by atoms with Crippen LogP contribution in [0.2, 0.25) is 0 Å². The van der Waals surface area contributed by atoms with Crippen molar-refractivity contribution in [1.29, 1.82) is 0 Å². The molecule has 2 aliphatic carbocycles. The van der Waals surface area contributed by atoms with Crippen LogP contribution in [0.25, 0.3) is 11.4 Å². The van der Waals surface area contributed by atoms with E-state index in [0.717, 1.165) is 36.9 Å². The summed E-state index contributed by atoms with van der Waals surface area (Å²) in [5.74, 6) is 1.16. The topological polar surface area (TPSA) is 185 Å². The standard InChI is InChI=1S/C26H23FN4O2S.2C2H4.3H2O.H2/c27-20-8-4-5-9-21(20)34-26(14-15-26)22-16-23(28)31-24(30-22)17-10-12-18(13-11-17)29-25(32)33-19-6-2-1-3-7-19;2*1-2;;;;/h2,4-13,16H,1,3,14-15H2,(H,29,32)(H2,28,30,31);2*1-2H2;3*1H2;1H. The van der Waals surface area contributed by atoms with Crippen molar-refractivity contribution >= 4 is 29.4 Å². The summed E-state index contributed by atoms with van der Waals surface area (Å²) in [6.45, 7) is 12.0. The van der Waals surface area contributed by atoms with Gasteiger partial charge in [-0.2, -0.15) is 0 Å². The number of thioether (sulfide) groups is 1. The second kappa shape index (κ2) is 17.4. The number of hydrogen-bond acceptors (Lipinski definition) is 6. The molecule has 2 aliphatic rings. The van der Waals surface area contributed by atoms with E-state index in [0.29, 0.717) is 28.0 Å². The summed E-state index contributed by atoms with van der Waals surface area (Å²) < 4.78 is 19.2. The molecule has 0 atom stereocenters. The first kappa shape index (κ1) is 36.7. The van der Waals surface area contributed by atoms with Crippen molar-refractivity contribution in [2.45, 2.75) is 35.3 Å². The fourth-order valence-electron chi connectivity index (χ4n) is 3.71. The fourth-order valence-corrected chi connectivity index (χ4v) is 4.96. The van der Waals surface area contributed by atoms with Crippen LogP contribution in [0.3, 0.4) is 0 Å². The first-order chi connectivity index (χ1) is 18.5. The molecule has 2 aromatic carbocycles. The average molecular weight is 587 g/mol. The lowest BCUT2D eigenvalue weighted by molar-refractivity contribution is 0.194. The Morgan fingerprint density at radius 3 is 2.24 bits per heavy atom. The van der Waals surface area contributed by atoms with Gasteiger partial charge < -0.3 is 26.9 Å². The average Bonchev–Trinajstić information content (AvgIpc) is 3.74. The van der Waals surface area contributed by atoms with E-state index in [9.17, 15) is 9.18 Å². The number of nitrogens with zero attached hydrogens (tertiary/aromatic N) is 2. The van der Waals surface area contributed by atoms with Crippen LogP contribution in [0, 0.1) is 5.82 Å². The van der Waals surface area contributed by atoms with Gasteiger partial charge in [-0.3, -0.25) is 5.32 Å². The van der Waals surface area contributed by atoms with Crippen molar-refractivity contribution < 1.29 is 31.8 Å². The highest BCUT2D eigenvalue weighted by Crippen LogP contribution is 2.59. The van der Waals surface area contributed by atoms with Crippen LogP contribution >= 0.6 is 11.8 Å². The SMILES string of the molecule is C=C.C=C.Nc1cc(C2(Sc3ccccc3F)CC2)nc(-c2ccc(NC(=O)OC3=CCCC=C3)cc2)n1.O.O.O.[HH]. The first-order valence-electron chi connectivity index (χ1n) is 12.1. The van der Waals surface area contributed by atoms with Gasteiger partial charge in [0.25, 0.3) is 0 Å². The number of halogens is 1. The number of hydrogen-bond donors (Lipinski definition) is 2. The number of benzene rings is 2. The minimum atomic E-state index is -0.547. The van der Waals surface area contributed by atoms with E-state index in [1.807, 2.05) is 30.4 Å². The number of nitrogens with one attached hydrogen (secondary N) is 1. The van der Waals surface area contributed by atoms with Crippen molar-refractivity contribution in [3.63, 3.8) is 0 Å². The number of aromatic nitrogens is 2. The molecule has 9 N–H and O–H groups in total. The number of amides is 1. The first-order valence-corrected chi connectivity index (χ1v) is 12.9. The summed E-state index contributed by atoms with van der Waals surface area (Å²) in [7, 11) is 0. The number of ether oxygens (including phenoxy) is 1. The smallest absolute Gasteiger partial charge is 0.412 e. The molecule has 1 heterocycles. The molecular formula is C30H39FN4O5S. The number of nitrogen functional groups attached to an aromatic ring is 1. The van der Waals surface area contributed by atoms with E-state index in [1.54, 1.807) is 36.4 Å². The van der Waals surface area contributed by atoms with Gasteiger partial charge in [-0.15, -0.1) is 38.1 Å². The number of carbonyl (C=O) groups excluding carboxylic acids is 1. The maximum absolute atomic E-state index is 14.2. The molecule has 5 rings (SSSR count). The van der Waals surface area contributed by atoms with Gasteiger partial charge in [-0.25, -0.2) is 19.2 Å². The van der Waals surface area contributed by atoms with Crippen molar-refractivity contribution in [3.8, 4) is 11.4 Å². The lowest BCUT2D eigenvalue weighted by Crippen LogP contribution is -2.13. The molecule has 1 saturated carbocycles. The molecular weight excluding hydrogens is 547 g/mol. The summed E-state index contributed by atoms with van der Waals surface area (Å²) in [4.78, 5) is 21.9. The molecule has 222 valence electrons. The maximum atomic E-state index is 14.2. The molecule has 9 nitrogen and oxygen atoms in total. The van der Waals surface area contributed by atoms with E-state index in [4.69, 9.17) is 15.5 Å². The maximum Gasteiger partial charge on any atom is 0.417 e. The summed E-state index contributed by atoms with van der Waals surface area (Å²) in [5, 5.41) is 2.72. The van der Waals surface area contributed by atoms with Gasteiger partial charge in [0, 0.05) is 23.6 Å². The van der Waals surface area contributed by atoms with E-state index in [2.05, 4.69) is 36.6 Å². The Labute approximate surface area is 245 Å². The molecule has 11 heteroatoms. The predicted molar refractivity (Wildman–Crippen MR) is 167 cm³/mol. The number of anilines is 2. The summed E-state index contributed by atoms with van der Waals surface area (Å²) in [6, 6.07) is 15.7. The Kier molecular flexibility index (Phi) is 15.6. The van der Waals surface area contributed by atoms with E-state index in [-0.39, 0.29) is 28.4 Å². The third-order valence-corrected chi connectivity index (χ3v) is 7.18. The van der Waals surface area contributed by atoms with Gasteiger partial charge in [0.1, 0.15) is 17.4 Å². The van der Waals surface area contributed by atoms with Crippen molar-refractivity contribution in [3.05, 3.63) is 116 Å². The van der Waals surface area contributed by atoms with E-state index < -0.39 is 6.09 Å². The molecule has 1 amide bonds. The molecule has 0 unspecified atom stereocenters. The predicted octanol–water partition coefficient (Wildman–Crippen LogP) is 5.81. The van der Waals surface area contributed by atoms with Crippen LogP contribution in [0.1, 0.15) is 32.8 Å². The Bertz CT molecular complexity index is 1340. The van der Waals surface area contributed by atoms with Gasteiger partial charge >= 0.3 is 6.09 Å². The van der Waals surface area contributed by atoms with Gasteiger partial charge in [-0.1, -0.05) is 18.2 Å². The molecule has 41 heavy (non-hydrogen) atoms. The molecule has 0 aliphatic heterocycles. The quantitative estimate of drug-likeness (QED) is 0.343. The van der Waals surface area contributed by atoms with Crippen molar-refractivity contribution in [1.82, 2.24) is 9.97 Å². The molecule has 0 bridgehead atoms. The zero-order valence-corrected chi connectivity index (χ0v) is 23.5. The Hall–Kier alpha value is -4.29. The summed E-state index contributed by atoms with van der Waals surface area (Å²) in [6.07, 6.45) is 8.68. The van der Waals surface area contributed by atoms with Crippen LogP contribution in [-0.4, -0.2) is 32.5 Å². The molecule has 0 saturated heterocycles. The Morgan fingerprint density at radius 1 is 1.00 bits per heavy atom. The van der Waals surface area contributed by atoms with Crippen LogP contribution < -0.4 is 11.1 Å². The third-order valence-electron chi connectivity index (χ3n) is 5.62. The van der Waals surface area contributed by atoms with Crippen LogP contribution in [0.5, 0.6) is 0 Å². The zero-order chi connectivity index (χ0) is 27.5. The monoisotopic (exact) mass is 586 g/mol. The minimum Gasteiger partial charge on any atom is -0.412 e. The van der Waals surface area contributed by atoms with Gasteiger partial charge in [0.15, 0.2) is 5.82 Å². The van der Waals surface area contributed by atoms with Gasteiger partial charge in [0.05, 0.1) is 10.4 Å². The van der Waals surface area contributed by atoms with E-state index >= 15 is 0 Å². The molecule has 0 radical (unpaired) electrons. The lowest BCUT2D eigenvalue weighted by Gasteiger charge is -2.16. The normalized spacial score (nSPS) is 13.4. The van der Waals surface area contributed by atoms with Crippen LogP contribution in [0.15, 0.2) is 110 Å². The second-order valence-electron chi connectivity index (χ2n) is 8.21. The highest BCUT2D eigenvalue weighted by Gasteiger charge is 2.47.